The fourth-order valence-electron chi connectivity index (χ4n) is 4.42. The predicted molar refractivity (Wildman–Crippen MR) is 128 cm³/mol. The maximum atomic E-state index is 12.9. The molecule has 1 amide bonds. The van der Waals surface area contributed by atoms with Crippen LogP contribution in [0.1, 0.15) is 40.5 Å². The Morgan fingerprint density at radius 1 is 1.00 bits per heavy atom. The third kappa shape index (κ3) is 5.07. The van der Waals surface area contributed by atoms with E-state index in [1.54, 1.807) is 6.07 Å². The number of rotatable bonds is 8. The lowest BCUT2D eigenvalue weighted by atomic mass is 10.1. The summed E-state index contributed by atoms with van der Waals surface area (Å²) in [5.41, 5.74) is 3.56. The molecule has 168 valence electrons. The van der Waals surface area contributed by atoms with E-state index in [0.717, 1.165) is 24.4 Å². The lowest BCUT2D eigenvalue weighted by molar-refractivity contribution is 0.0937. The second-order valence-corrected chi connectivity index (χ2v) is 8.39. The molecule has 6 heteroatoms. The van der Waals surface area contributed by atoms with Crippen LogP contribution in [0.4, 0.5) is 0 Å². The van der Waals surface area contributed by atoms with Crippen molar-refractivity contribution in [2.75, 3.05) is 19.6 Å². The van der Waals surface area contributed by atoms with E-state index in [-0.39, 0.29) is 11.9 Å². The summed E-state index contributed by atoms with van der Waals surface area (Å²) in [6, 6.07) is 23.8. The van der Waals surface area contributed by atoms with Crippen molar-refractivity contribution in [1.82, 2.24) is 19.6 Å². The van der Waals surface area contributed by atoms with Gasteiger partial charge < -0.3 is 14.5 Å². The Kier molecular flexibility index (Phi) is 6.35. The van der Waals surface area contributed by atoms with Gasteiger partial charge in [0.15, 0.2) is 0 Å². The highest BCUT2D eigenvalue weighted by molar-refractivity contribution is 5.94. The first kappa shape index (κ1) is 21.2. The number of ether oxygens (including phenoxy) is 1. The van der Waals surface area contributed by atoms with Crippen molar-refractivity contribution in [3.63, 3.8) is 0 Å². The molecule has 2 aromatic heterocycles. The van der Waals surface area contributed by atoms with Crippen LogP contribution in [0.2, 0.25) is 0 Å². The first-order valence-corrected chi connectivity index (χ1v) is 11.5. The highest BCUT2D eigenvalue weighted by atomic mass is 16.5. The zero-order valence-electron chi connectivity index (χ0n) is 18.6. The van der Waals surface area contributed by atoms with Gasteiger partial charge in [-0.1, -0.05) is 42.5 Å². The van der Waals surface area contributed by atoms with E-state index in [2.05, 4.69) is 39.5 Å². The molecule has 3 heterocycles. The summed E-state index contributed by atoms with van der Waals surface area (Å²) in [5, 5.41) is 3.14. The van der Waals surface area contributed by atoms with Gasteiger partial charge in [0.2, 0.25) is 0 Å². The molecule has 0 aliphatic carbocycles. The first-order chi connectivity index (χ1) is 16.3. The average Bonchev–Trinajstić information content (AvgIpc) is 3.54. The van der Waals surface area contributed by atoms with Crippen LogP contribution in [0.5, 0.6) is 5.75 Å². The summed E-state index contributed by atoms with van der Waals surface area (Å²) in [7, 11) is 0. The van der Waals surface area contributed by atoms with Crippen LogP contribution in [0.25, 0.3) is 5.65 Å². The van der Waals surface area contributed by atoms with Crippen molar-refractivity contribution in [2.24, 2.45) is 0 Å². The van der Waals surface area contributed by atoms with Crippen LogP contribution in [0.3, 0.4) is 0 Å². The molecule has 0 spiro atoms. The number of aromatic nitrogens is 2. The molecule has 0 radical (unpaired) electrons. The molecular formula is C27H28N4O2. The van der Waals surface area contributed by atoms with Gasteiger partial charge in [-0.3, -0.25) is 9.69 Å². The van der Waals surface area contributed by atoms with E-state index in [1.807, 2.05) is 59.3 Å². The number of pyridine rings is 1. The summed E-state index contributed by atoms with van der Waals surface area (Å²) in [5.74, 6) is 0.562. The third-order valence-corrected chi connectivity index (χ3v) is 6.12. The molecule has 1 atom stereocenters. The quantitative estimate of drug-likeness (QED) is 0.439. The van der Waals surface area contributed by atoms with Crippen LogP contribution in [-0.4, -0.2) is 39.8 Å². The molecular weight excluding hydrogens is 412 g/mol. The fraction of sp³-hybridized carbons (Fsp3) is 0.259. The summed E-state index contributed by atoms with van der Waals surface area (Å²) < 4.78 is 7.89. The Morgan fingerprint density at radius 3 is 2.64 bits per heavy atom. The molecule has 1 saturated heterocycles. The van der Waals surface area contributed by atoms with Crippen LogP contribution < -0.4 is 10.1 Å². The monoisotopic (exact) mass is 440 g/mol. The molecule has 0 saturated carbocycles. The van der Waals surface area contributed by atoms with E-state index in [0.29, 0.717) is 24.5 Å². The van der Waals surface area contributed by atoms with E-state index >= 15 is 0 Å². The maximum Gasteiger partial charge on any atom is 0.251 e. The largest absolute Gasteiger partial charge is 0.487 e. The SMILES string of the molecule is O=C(NCC(c1ccccc1)N1CCCC1)c1cccc(OCc2cn3ccccc3n2)c1. The average molecular weight is 441 g/mol. The second-order valence-electron chi connectivity index (χ2n) is 8.39. The van der Waals surface area contributed by atoms with Crippen molar-refractivity contribution in [2.45, 2.75) is 25.5 Å². The number of nitrogens with one attached hydrogen (secondary N) is 1. The second kappa shape index (κ2) is 9.88. The van der Waals surface area contributed by atoms with Crippen LogP contribution in [0.15, 0.2) is 85.2 Å². The molecule has 1 N–H and O–H groups in total. The van der Waals surface area contributed by atoms with E-state index < -0.39 is 0 Å². The van der Waals surface area contributed by atoms with E-state index in [1.165, 1.54) is 18.4 Å². The predicted octanol–water partition coefficient (Wildman–Crippen LogP) is 4.48. The standard InChI is InChI=1S/C27H28N4O2/c32-27(28-18-25(30-14-6-7-15-30)21-9-2-1-3-10-21)22-11-8-12-24(17-22)33-20-23-19-31-16-5-4-13-26(31)29-23/h1-5,8-13,16-17,19,25H,6-7,14-15,18,20H2,(H,28,32). The van der Waals surface area contributed by atoms with Gasteiger partial charge in [0.05, 0.1) is 11.7 Å². The van der Waals surface area contributed by atoms with Gasteiger partial charge in [-0.2, -0.15) is 0 Å². The molecule has 2 aromatic carbocycles. The lowest BCUT2D eigenvalue weighted by Crippen LogP contribution is -2.36. The molecule has 6 nitrogen and oxygen atoms in total. The Hall–Kier alpha value is -3.64. The van der Waals surface area contributed by atoms with Gasteiger partial charge in [-0.25, -0.2) is 4.98 Å². The number of nitrogens with zero attached hydrogens (tertiary/aromatic N) is 3. The Balaban J connectivity index is 1.22. The van der Waals surface area contributed by atoms with Gasteiger partial charge in [0.25, 0.3) is 5.91 Å². The zero-order valence-corrected chi connectivity index (χ0v) is 18.6. The van der Waals surface area contributed by atoms with Crippen molar-refractivity contribution < 1.29 is 9.53 Å². The summed E-state index contributed by atoms with van der Waals surface area (Å²) in [4.78, 5) is 20.0. The number of carbonyl (C=O) groups excluding carboxylic acids is 1. The number of likely N-dealkylation sites (tertiary alicyclic amines) is 1. The number of fused-ring (bicyclic) bond motifs is 1. The molecule has 5 rings (SSSR count). The molecule has 4 aromatic rings. The Labute approximate surface area is 193 Å². The van der Waals surface area contributed by atoms with Crippen LogP contribution in [0, 0.1) is 0 Å². The number of hydrogen-bond acceptors (Lipinski definition) is 4. The minimum atomic E-state index is -0.0895. The van der Waals surface area contributed by atoms with Crippen molar-refractivity contribution >= 4 is 11.6 Å². The normalized spacial score (nSPS) is 14.9. The van der Waals surface area contributed by atoms with Crippen molar-refractivity contribution in [3.05, 3.63) is 102 Å². The minimum absolute atomic E-state index is 0.0895. The third-order valence-electron chi connectivity index (χ3n) is 6.12. The Morgan fingerprint density at radius 2 is 1.82 bits per heavy atom. The molecule has 1 unspecified atom stereocenters. The lowest BCUT2D eigenvalue weighted by Gasteiger charge is -2.28. The summed E-state index contributed by atoms with van der Waals surface area (Å²) in [6.07, 6.45) is 6.33. The van der Waals surface area contributed by atoms with Crippen molar-refractivity contribution in [3.8, 4) is 5.75 Å². The highest BCUT2D eigenvalue weighted by Gasteiger charge is 2.24. The number of benzene rings is 2. The molecule has 1 aliphatic heterocycles. The summed E-state index contributed by atoms with van der Waals surface area (Å²) in [6.45, 7) is 3.07. The van der Waals surface area contributed by atoms with E-state index in [4.69, 9.17) is 4.74 Å². The van der Waals surface area contributed by atoms with Crippen molar-refractivity contribution in [1.29, 1.82) is 0 Å². The van der Waals surface area contributed by atoms with Gasteiger partial charge in [0.1, 0.15) is 18.0 Å². The molecule has 1 aliphatic rings. The van der Waals surface area contributed by atoms with Gasteiger partial charge >= 0.3 is 0 Å². The fourth-order valence-corrected chi connectivity index (χ4v) is 4.42. The smallest absolute Gasteiger partial charge is 0.251 e. The number of hydrogen-bond donors (Lipinski definition) is 1. The van der Waals surface area contributed by atoms with Crippen LogP contribution >= 0.6 is 0 Å². The molecule has 33 heavy (non-hydrogen) atoms. The van der Waals surface area contributed by atoms with Gasteiger partial charge in [-0.15, -0.1) is 0 Å². The highest BCUT2D eigenvalue weighted by Crippen LogP contribution is 2.24. The first-order valence-electron chi connectivity index (χ1n) is 11.5. The van der Waals surface area contributed by atoms with Gasteiger partial charge in [0, 0.05) is 24.5 Å². The van der Waals surface area contributed by atoms with E-state index in [9.17, 15) is 4.79 Å². The molecule has 0 bridgehead atoms. The van der Waals surface area contributed by atoms with Crippen LogP contribution in [-0.2, 0) is 6.61 Å². The number of amides is 1. The minimum Gasteiger partial charge on any atom is -0.487 e. The number of carbonyl (C=O) groups is 1. The summed E-state index contributed by atoms with van der Waals surface area (Å²) >= 11 is 0. The Bertz CT molecular complexity index is 1180. The zero-order chi connectivity index (χ0) is 22.5. The molecule has 1 fully saturated rings. The van der Waals surface area contributed by atoms with Gasteiger partial charge in [-0.05, 0) is 61.8 Å². The number of imidazole rings is 1. The maximum absolute atomic E-state index is 12.9. The topological polar surface area (TPSA) is 58.9 Å².